The Bertz CT molecular complexity index is 575. The lowest BCUT2D eigenvalue weighted by molar-refractivity contribution is -0.132. The van der Waals surface area contributed by atoms with Crippen LogP contribution in [-0.4, -0.2) is 46.9 Å². The summed E-state index contributed by atoms with van der Waals surface area (Å²) in [7, 11) is 0. The lowest BCUT2D eigenvalue weighted by Crippen LogP contribution is -2.64. The number of rotatable bonds is 5. The number of hydrogen-bond acceptors (Lipinski definition) is 4. The molecule has 0 unspecified atom stereocenters. The summed E-state index contributed by atoms with van der Waals surface area (Å²) >= 11 is 0. The number of nitrogens with one attached hydrogen (secondary N) is 1. The molecule has 1 saturated heterocycles. The van der Waals surface area contributed by atoms with E-state index in [1.807, 2.05) is 4.90 Å². The fourth-order valence-electron chi connectivity index (χ4n) is 3.01. The highest BCUT2D eigenvalue weighted by atomic mass is 16.3. The third-order valence-electron chi connectivity index (χ3n) is 4.28. The molecule has 1 saturated carbocycles. The monoisotopic (exact) mass is 288 g/mol. The topological polar surface area (TPSA) is 69.6 Å². The van der Waals surface area contributed by atoms with Gasteiger partial charge in [0.25, 0.3) is 0 Å². The first kappa shape index (κ1) is 14.2. The molecule has 1 aromatic carbocycles. The van der Waals surface area contributed by atoms with Crippen LogP contribution in [0.25, 0.3) is 0 Å². The van der Waals surface area contributed by atoms with Gasteiger partial charge in [0.05, 0.1) is 17.8 Å². The highest BCUT2D eigenvalue weighted by molar-refractivity contribution is 6.04. The minimum Gasteiger partial charge on any atom is -0.387 e. The molecule has 2 N–H and O–H groups in total. The van der Waals surface area contributed by atoms with Crippen LogP contribution in [0.15, 0.2) is 24.3 Å². The molecule has 0 bridgehead atoms. The van der Waals surface area contributed by atoms with Crippen molar-refractivity contribution in [1.29, 1.82) is 0 Å². The number of likely N-dealkylation sites (tertiary alicyclic amines) is 1. The van der Waals surface area contributed by atoms with E-state index in [4.69, 9.17) is 0 Å². The van der Waals surface area contributed by atoms with Crippen molar-refractivity contribution in [3.63, 3.8) is 0 Å². The molecule has 5 heteroatoms. The number of β-amino-alcohol motifs (C(OH)–C–C–N with tert-alkyl or cyclic N) is 1. The summed E-state index contributed by atoms with van der Waals surface area (Å²) in [4.78, 5) is 25.5. The lowest BCUT2D eigenvalue weighted by atomic mass is 9.89. The van der Waals surface area contributed by atoms with Crippen molar-refractivity contribution < 1.29 is 14.7 Å². The third-order valence-corrected chi connectivity index (χ3v) is 4.28. The first-order chi connectivity index (χ1) is 9.98. The predicted molar refractivity (Wildman–Crippen MR) is 79.2 cm³/mol. The van der Waals surface area contributed by atoms with Gasteiger partial charge in [0.15, 0.2) is 5.78 Å². The lowest BCUT2D eigenvalue weighted by Gasteiger charge is -2.46. The largest absolute Gasteiger partial charge is 0.387 e. The van der Waals surface area contributed by atoms with Gasteiger partial charge in [0.1, 0.15) is 0 Å². The summed E-state index contributed by atoms with van der Waals surface area (Å²) in [5, 5.41) is 13.0. The normalized spacial score (nSPS) is 20.7. The maximum atomic E-state index is 12.0. The highest BCUT2D eigenvalue weighted by Crippen LogP contribution is 2.44. The van der Waals surface area contributed by atoms with Crippen molar-refractivity contribution in [2.24, 2.45) is 5.92 Å². The maximum Gasteiger partial charge on any atom is 0.238 e. The van der Waals surface area contributed by atoms with Crippen molar-refractivity contribution in [2.75, 3.05) is 25.0 Å². The Kier molecular flexibility index (Phi) is 3.55. The molecule has 1 aliphatic carbocycles. The fourth-order valence-corrected chi connectivity index (χ4v) is 3.01. The fraction of sp³-hybridized carbons (Fsp3) is 0.500. The minimum absolute atomic E-state index is 0.0713. The quantitative estimate of drug-likeness (QED) is 0.801. The second-order valence-electron chi connectivity index (χ2n) is 6.17. The van der Waals surface area contributed by atoms with E-state index in [0.29, 0.717) is 30.3 Å². The first-order valence-electron chi connectivity index (χ1n) is 7.32. The first-order valence-corrected chi connectivity index (χ1v) is 7.32. The van der Waals surface area contributed by atoms with Crippen LogP contribution in [0.3, 0.4) is 0 Å². The smallest absolute Gasteiger partial charge is 0.238 e. The van der Waals surface area contributed by atoms with Crippen LogP contribution in [0, 0.1) is 5.92 Å². The zero-order valence-corrected chi connectivity index (χ0v) is 12.1. The number of aliphatic hydroxyl groups is 1. The van der Waals surface area contributed by atoms with Crippen LogP contribution < -0.4 is 5.32 Å². The minimum atomic E-state index is -0.572. The van der Waals surface area contributed by atoms with Crippen molar-refractivity contribution in [3.05, 3.63) is 29.8 Å². The summed E-state index contributed by atoms with van der Waals surface area (Å²) in [6, 6.07) is 6.99. The predicted octanol–water partition coefficient (Wildman–Crippen LogP) is 1.28. The SMILES string of the molecule is CC(=O)c1ccccc1NC(=O)CN1CC(O)(C2CC2)C1. The van der Waals surface area contributed by atoms with E-state index in [-0.39, 0.29) is 18.2 Å². The Morgan fingerprint density at radius 2 is 2.00 bits per heavy atom. The molecule has 0 spiro atoms. The number of hydrogen-bond donors (Lipinski definition) is 2. The number of amides is 1. The number of carbonyl (C=O) groups excluding carboxylic acids is 2. The van der Waals surface area contributed by atoms with E-state index in [2.05, 4.69) is 5.32 Å². The van der Waals surface area contributed by atoms with Crippen molar-refractivity contribution >= 4 is 17.4 Å². The molecular formula is C16H20N2O3. The average molecular weight is 288 g/mol. The molecule has 1 aromatic rings. The van der Waals surface area contributed by atoms with E-state index in [9.17, 15) is 14.7 Å². The molecule has 0 radical (unpaired) electrons. The molecular weight excluding hydrogens is 268 g/mol. The molecule has 1 aliphatic heterocycles. The number of ketones is 1. The van der Waals surface area contributed by atoms with Gasteiger partial charge >= 0.3 is 0 Å². The van der Waals surface area contributed by atoms with Crippen LogP contribution in [0.4, 0.5) is 5.69 Å². The molecule has 21 heavy (non-hydrogen) atoms. The molecule has 2 fully saturated rings. The van der Waals surface area contributed by atoms with Gasteiger partial charge < -0.3 is 10.4 Å². The molecule has 5 nitrogen and oxygen atoms in total. The van der Waals surface area contributed by atoms with Crippen molar-refractivity contribution in [3.8, 4) is 0 Å². The van der Waals surface area contributed by atoms with Gasteiger partial charge in [-0.1, -0.05) is 12.1 Å². The van der Waals surface area contributed by atoms with E-state index >= 15 is 0 Å². The van der Waals surface area contributed by atoms with E-state index in [0.717, 1.165) is 12.8 Å². The number of anilines is 1. The van der Waals surface area contributed by atoms with Gasteiger partial charge in [-0.15, -0.1) is 0 Å². The molecule has 112 valence electrons. The van der Waals surface area contributed by atoms with Crippen LogP contribution in [0.1, 0.15) is 30.1 Å². The zero-order chi connectivity index (χ0) is 15.0. The maximum absolute atomic E-state index is 12.0. The Labute approximate surface area is 123 Å². The summed E-state index contributed by atoms with van der Waals surface area (Å²) in [5.74, 6) is 0.203. The Hall–Kier alpha value is -1.72. The summed E-state index contributed by atoms with van der Waals surface area (Å²) in [6.07, 6.45) is 2.20. The highest BCUT2D eigenvalue weighted by Gasteiger charge is 2.51. The summed E-state index contributed by atoms with van der Waals surface area (Å²) in [5.41, 5.74) is 0.495. The second kappa shape index (κ2) is 5.24. The Morgan fingerprint density at radius 3 is 2.62 bits per heavy atom. The number of benzene rings is 1. The van der Waals surface area contributed by atoms with Crippen LogP contribution in [-0.2, 0) is 4.79 Å². The standard InChI is InChI=1S/C16H20N2O3/c1-11(19)13-4-2-3-5-14(13)17-15(20)8-18-9-16(21,10-18)12-6-7-12/h2-5,12,21H,6-10H2,1H3,(H,17,20). The van der Waals surface area contributed by atoms with Crippen molar-refractivity contribution in [1.82, 2.24) is 4.90 Å². The zero-order valence-electron chi connectivity index (χ0n) is 12.1. The van der Waals surface area contributed by atoms with Gasteiger partial charge in [-0.3, -0.25) is 14.5 Å². The van der Waals surface area contributed by atoms with Gasteiger partial charge in [0.2, 0.25) is 5.91 Å². The summed E-state index contributed by atoms with van der Waals surface area (Å²) in [6.45, 7) is 2.87. The number of carbonyl (C=O) groups is 2. The number of para-hydroxylation sites is 1. The molecule has 0 atom stereocenters. The molecule has 1 heterocycles. The van der Waals surface area contributed by atoms with Crippen LogP contribution >= 0.6 is 0 Å². The summed E-state index contributed by atoms with van der Waals surface area (Å²) < 4.78 is 0. The van der Waals surface area contributed by atoms with E-state index in [1.165, 1.54) is 6.92 Å². The molecule has 3 rings (SSSR count). The second-order valence-corrected chi connectivity index (χ2v) is 6.17. The molecule has 0 aromatic heterocycles. The number of Topliss-reactive ketones (excluding diaryl/α,β-unsaturated/α-hetero) is 1. The number of nitrogens with zero attached hydrogens (tertiary/aromatic N) is 1. The van der Waals surface area contributed by atoms with Gasteiger partial charge in [-0.2, -0.15) is 0 Å². The van der Waals surface area contributed by atoms with E-state index in [1.54, 1.807) is 24.3 Å². The van der Waals surface area contributed by atoms with E-state index < -0.39 is 5.60 Å². The van der Waals surface area contributed by atoms with Gasteiger partial charge in [0, 0.05) is 18.7 Å². The molecule has 1 amide bonds. The van der Waals surface area contributed by atoms with Gasteiger partial charge in [-0.05, 0) is 37.8 Å². The third kappa shape index (κ3) is 2.99. The van der Waals surface area contributed by atoms with Crippen LogP contribution in [0.2, 0.25) is 0 Å². The average Bonchev–Trinajstić information content (AvgIpc) is 3.21. The molecule has 2 aliphatic rings. The van der Waals surface area contributed by atoms with Gasteiger partial charge in [-0.25, -0.2) is 0 Å². The van der Waals surface area contributed by atoms with Crippen LogP contribution in [0.5, 0.6) is 0 Å². The Morgan fingerprint density at radius 1 is 1.33 bits per heavy atom. The van der Waals surface area contributed by atoms with Crippen molar-refractivity contribution in [2.45, 2.75) is 25.4 Å². The Balaban J connectivity index is 1.54.